The molecule has 0 aliphatic carbocycles. The highest BCUT2D eigenvalue weighted by molar-refractivity contribution is 6.31. The zero-order chi connectivity index (χ0) is 18.1. The van der Waals surface area contributed by atoms with E-state index in [-0.39, 0.29) is 22.2 Å². The van der Waals surface area contributed by atoms with Gasteiger partial charge in [0.05, 0.1) is 10.6 Å². The fourth-order valence-corrected chi connectivity index (χ4v) is 2.51. The Kier molecular flexibility index (Phi) is 4.28. The van der Waals surface area contributed by atoms with Crippen LogP contribution in [0.3, 0.4) is 0 Å². The first-order valence-corrected chi connectivity index (χ1v) is 7.60. The predicted octanol–water partition coefficient (Wildman–Crippen LogP) is 3.22. The standard InChI is InChI=1S/C16H12ClN3O5/c1-8-15(21)19-12-7-10(3-5-14(12)25-8)18-16(22)11-6-9(17)2-4-13(11)20(23)24/h2-8H,1H3,(H,18,22)(H,19,21)/t8-/m0/s1. The van der Waals surface area contributed by atoms with E-state index in [2.05, 4.69) is 10.6 Å². The molecule has 2 aromatic carbocycles. The van der Waals surface area contributed by atoms with Gasteiger partial charge in [-0.25, -0.2) is 0 Å². The second-order valence-electron chi connectivity index (χ2n) is 5.33. The highest BCUT2D eigenvalue weighted by Crippen LogP contribution is 2.32. The lowest BCUT2D eigenvalue weighted by Gasteiger charge is -2.23. The highest BCUT2D eigenvalue weighted by atomic mass is 35.5. The molecule has 1 atom stereocenters. The molecule has 2 N–H and O–H groups in total. The van der Waals surface area contributed by atoms with Gasteiger partial charge in [-0.2, -0.15) is 0 Å². The molecule has 1 aliphatic heterocycles. The van der Waals surface area contributed by atoms with Crippen molar-refractivity contribution in [2.45, 2.75) is 13.0 Å². The van der Waals surface area contributed by atoms with Gasteiger partial charge in [0.15, 0.2) is 6.10 Å². The van der Waals surface area contributed by atoms with E-state index in [1.54, 1.807) is 19.1 Å². The second kappa shape index (κ2) is 6.40. The van der Waals surface area contributed by atoms with Gasteiger partial charge in [0.25, 0.3) is 17.5 Å². The molecule has 0 bridgehead atoms. The molecule has 1 aliphatic rings. The average molecular weight is 362 g/mol. The summed E-state index contributed by atoms with van der Waals surface area (Å²) >= 11 is 5.83. The fraction of sp³-hybridized carbons (Fsp3) is 0.125. The third kappa shape index (κ3) is 3.38. The predicted molar refractivity (Wildman–Crippen MR) is 91.2 cm³/mol. The monoisotopic (exact) mass is 361 g/mol. The van der Waals surface area contributed by atoms with Gasteiger partial charge in [0.2, 0.25) is 0 Å². The summed E-state index contributed by atoms with van der Waals surface area (Å²) in [4.78, 5) is 34.4. The van der Waals surface area contributed by atoms with Crippen LogP contribution in [0.5, 0.6) is 5.75 Å². The maximum absolute atomic E-state index is 12.4. The number of ether oxygens (including phenoxy) is 1. The Bertz CT molecular complexity index is 899. The minimum atomic E-state index is -0.689. The van der Waals surface area contributed by atoms with E-state index in [1.165, 1.54) is 24.3 Å². The van der Waals surface area contributed by atoms with Crippen molar-refractivity contribution in [2.75, 3.05) is 10.6 Å². The molecule has 0 spiro atoms. The molecule has 9 heteroatoms. The molecule has 8 nitrogen and oxygen atoms in total. The van der Waals surface area contributed by atoms with Gasteiger partial charge >= 0.3 is 0 Å². The average Bonchev–Trinajstić information content (AvgIpc) is 2.55. The van der Waals surface area contributed by atoms with Crippen LogP contribution in [0, 0.1) is 10.1 Å². The van der Waals surface area contributed by atoms with Gasteiger partial charge in [-0.3, -0.25) is 19.7 Å². The van der Waals surface area contributed by atoms with E-state index in [0.29, 0.717) is 17.1 Å². The van der Waals surface area contributed by atoms with Crippen LogP contribution in [-0.4, -0.2) is 22.8 Å². The lowest BCUT2D eigenvalue weighted by molar-refractivity contribution is -0.385. The first kappa shape index (κ1) is 16.7. The summed E-state index contributed by atoms with van der Waals surface area (Å²) in [6.45, 7) is 1.62. The van der Waals surface area contributed by atoms with Crippen LogP contribution < -0.4 is 15.4 Å². The number of carbonyl (C=O) groups excluding carboxylic acids is 2. The molecule has 0 saturated carbocycles. The van der Waals surface area contributed by atoms with E-state index in [1.807, 2.05) is 0 Å². The van der Waals surface area contributed by atoms with Crippen LogP contribution >= 0.6 is 11.6 Å². The molecular weight excluding hydrogens is 350 g/mol. The third-order valence-electron chi connectivity index (χ3n) is 3.57. The number of nitrogens with zero attached hydrogens (tertiary/aromatic N) is 1. The summed E-state index contributed by atoms with van der Waals surface area (Å²) in [7, 11) is 0. The molecule has 2 amide bonds. The Morgan fingerprint density at radius 2 is 2.08 bits per heavy atom. The summed E-state index contributed by atoms with van der Waals surface area (Å²) in [6, 6.07) is 8.39. The minimum Gasteiger partial charge on any atom is -0.479 e. The van der Waals surface area contributed by atoms with Crippen LogP contribution in [0.15, 0.2) is 36.4 Å². The second-order valence-corrected chi connectivity index (χ2v) is 5.77. The van der Waals surface area contributed by atoms with Crippen molar-refractivity contribution >= 4 is 40.5 Å². The minimum absolute atomic E-state index is 0.163. The Labute approximate surface area is 146 Å². The number of rotatable bonds is 3. The Balaban J connectivity index is 1.87. The number of amides is 2. The van der Waals surface area contributed by atoms with Crippen molar-refractivity contribution in [3.8, 4) is 5.75 Å². The fourth-order valence-electron chi connectivity index (χ4n) is 2.33. The number of nitro groups is 1. The number of hydrogen-bond donors (Lipinski definition) is 2. The molecule has 1 heterocycles. The molecule has 0 radical (unpaired) electrons. The number of nitrogens with one attached hydrogen (secondary N) is 2. The van der Waals surface area contributed by atoms with E-state index < -0.39 is 16.9 Å². The van der Waals surface area contributed by atoms with Gasteiger partial charge in [-0.15, -0.1) is 0 Å². The van der Waals surface area contributed by atoms with E-state index in [0.717, 1.165) is 0 Å². The van der Waals surface area contributed by atoms with E-state index in [4.69, 9.17) is 16.3 Å². The van der Waals surface area contributed by atoms with Crippen LogP contribution in [0.1, 0.15) is 17.3 Å². The zero-order valence-electron chi connectivity index (χ0n) is 12.9. The van der Waals surface area contributed by atoms with Crippen molar-refractivity contribution in [3.05, 3.63) is 57.1 Å². The number of anilines is 2. The molecule has 2 aromatic rings. The number of halogens is 1. The number of benzene rings is 2. The van der Waals surface area contributed by atoms with Crippen molar-refractivity contribution in [1.29, 1.82) is 0 Å². The third-order valence-corrected chi connectivity index (χ3v) is 3.80. The lowest BCUT2D eigenvalue weighted by Crippen LogP contribution is -2.34. The zero-order valence-corrected chi connectivity index (χ0v) is 13.7. The highest BCUT2D eigenvalue weighted by Gasteiger charge is 2.25. The maximum Gasteiger partial charge on any atom is 0.282 e. The molecule has 128 valence electrons. The molecular formula is C16H12ClN3O5. The Morgan fingerprint density at radius 1 is 1.32 bits per heavy atom. The quantitative estimate of drug-likeness (QED) is 0.644. The van der Waals surface area contributed by atoms with Gasteiger partial charge < -0.3 is 15.4 Å². The smallest absolute Gasteiger partial charge is 0.282 e. The molecule has 0 fully saturated rings. The van der Waals surface area contributed by atoms with Crippen LogP contribution in [-0.2, 0) is 4.79 Å². The SMILES string of the molecule is C[C@@H]1Oc2ccc(NC(=O)c3cc(Cl)ccc3[N+](=O)[O-])cc2NC1=O. The van der Waals surface area contributed by atoms with Crippen molar-refractivity contribution < 1.29 is 19.2 Å². The lowest BCUT2D eigenvalue weighted by atomic mass is 10.1. The van der Waals surface area contributed by atoms with Crippen LogP contribution in [0.4, 0.5) is 17.1 Å². The van der Waals surface area contributed by atoms with Crippen molar-refractivity contribution in [2.24, 2.45) is 0 Å². The Hall–Kier alpha value is -3.13. The summed E-state index contributed by atoms with van der Waals surface area (Å²) in [6.07, 6.45) is -0.609. The Morgan fingerprint density at radius 3 is 2.80 bits per heavy atom. The first-order valence-electron chi connectivity index (χ1n) is 7.22. The molecule has 25 heavy (non-hydrogen) atoms. The van der Waals surface area contributed by atoms with Crippen LogP contribution in [0.2, 0.25) is 5.02 Å². The number of carbonyl (C=O) groups is 2. The first-order chi connectivity index (χ1) is 11.8. The largest absolute Gasteiger partial charge is 0.479 e. The van der Waals surface area contributed by atoms with Gasteiger partial charge in [-0.05, 0) is 37.3 Å². The number of hydrogen-bond acceptors (Lipinski definition) is 5. The molecule has 0 unspecified atom stereocenters. The van der Waals surface area contributed by atoms with Gasteiger partial charge in [0.1, 0.15) is 11.3 Å². The summed E-state index contributed by atoms with van der Waals surface area (Å²) in [5.41, 5.74) is 0.229. The summed E-state index contributed by atoms with van der Waals surface area (Å²) < 4.78 is 5.42. The summed E-state index contributed by atoms with van der Waals surface area (Å²) in [5, 5.41) is 16.5. The molecule has 3 rings (SSSR count). The van der Waals surface area contributed by atoms with Gasteiger partial charge in [-0.1, -0.05) is 11.6 Å². The number of fused-ring (bicyclic) bond motifs is 1. The number of nitro benzene ring substituents is 1. The summed E-state index contributed by atoms with van der Waals surface area (Å²) in [5.74, 6) is -0.522. The molecule has 0 aromatic heterocycles. The normalized spacial score (nSPS) is 15.6. The van der Waals surface area contributed by atoms with E-state index >= 15 is 0 Å². The van der Waals surface area contributed by atoms with Crippen molar-refractivity contribution in [1.82, 2.24) is 0 Å². The molecule has 0 saturated heterocycles. The van der Waals surface area contributed by atoms with Gasteiger partial charge in [0, 0.05) is 16.8 Å². The van der Waals surface area contributed by atoms with E-state index in [9.17, 15) is 19.7 Å². The topological polar surface area (TPSA) is 111 Å². The van der Waals surface area contributed by atoms with Crippen molar-refractivity contribution in [3.63, 3.8) is 0 Å². The maximum atomic E-state index is 12.4. The van der Waals surface area contributed by atoms with Crippen LogP contribution in [0.25, 0.3) is 0 Å².